The maximum absolute atomic E-state index is 13.0. The van der Waals surface area contributed by atoms with Gasteiger partial charge in [0.25, 0.3) is 0 Å². The predicted octanol–water partition coefficient (Wildman–Crippen LogP) is 2.86. The standard InChI is InChI=1S/C21H28F3N3O5S/c1-12(2)18(26(3)20(29)30)19(28)25-17-9-4-13-10-27(11-16(13)17)33(31,32)15-7-5-14(6-8-15)21(22,23)24/h5-8,12-13,16-18H,4,9-11H2,1-3H3,(H,25,28)(H,29,30)/t13-,16+,17+,18?/m1/s1. The molecule has 4 atom stereocenters. The van der Waals surface area contributed by atoms with E-state index in [1.165, 1.54) is 11.4 Å². The molecular weight excluding hydrogens is 463 g/mol. The number of nitrogens with one attached hydrogen (secondary N) is 1. The Kier molecular flexibility index (Phi) is 6.99. The molecule has 1 unspecified atom stereocenters. The Balaban J connectivity index is 1.71. The molecule has 2 fully saturated rings. The zero-order valence-electron chi connectivity index (χ0n) is 18.5. The normalized spacial score (nSPS) is 24.5. The first-order valence-corrected chi connectivity index (χ1v) is 12.1. The highest BCUT2D eigenvalue weighted by Gasteiger charge is 2.47. The predicted molar refractivity (Wildman–Crippen MR) is 113 cm³/mol. The number of halogens is 3. The van der Waals surface area contributed by atoms with Crippen molar-refractivity contribution < 1.29 is 36.3 Å². The number of sulfonamides is 1. The van der Waals surface area contributed by atoms with E-state index in [4.69, 9.17) is 0 Å². The molecule has 2 amide bonds. The van der Waals surface area contributed by atoms with E-state index in [1.807, 2.05) is 0 Å². The third-order valence-corrected chi connectivity index (χ3v) is 8.44. The van der Waals surface area contributed by atoms with E-state index in [1.54, 1.807) is 13.8 Å². The lowest BCUT2D eigenvalue weighted by Gasteiger charge is -2.30. The molecule has 12 heteroatoms. The number of fused-ring (bicyclic) bond motifs is 1. The SMILES string of the molecule is CC(C)C(C(=O)N[C@H]1CC[C@@H]2CN(S(=O)(=O)c3ccc(C(F)(F)F)cc3)C[C@@H]21)N(C)C(=O)O. The molecule has 0 radical (unpaired) electrons. The summed E-state index contributed by atoms with van der Waals surface area (Å²) in [5.74, 6) is -0.830. The van der Waals surface area contributed by atoms with Crippen molar-refractivity contribution in [3.05, 3.63) is 29.8 Å². The van der Waals surface area contributed by atoms with Crippen LogP contribution in [0.15, 0.2) is 29.2 Å². The number of alkyl halides is 3. The van der Waals surface area contributed by atoms with Gasteiger partial charge >= 0.3 is 12.3 Å². The van der Waals surface area contributed by atoms with Crippen molar-refractivity contribution in [2.24, 2.45) is 17.8 Å². The van der Waals surface area contributed by atoms with Gasteiger partial charge in [-0.05, 0) is 54.9 Å². The summed E-state index contributed by atoms with van der Waals surface area (Å²) in [6.07, 6.45) is -4.43. The van der Waals surface area contributed by atoms with Crippen molar-refractivity contribution in [2.45, 2.75) is 49.8 Å². The number of carbonyl (C=O) groups is 2. The molecule has 1 aliphatic carbocycles. The number of carbonyl (C=O) groups excluding carboxylic acids is 1. The Morgan fingerprint density at radius 3 is 2.27 bits per heavy atom. The van der Waals surface area contributed by atoms with Crippen molar-refractivity contribution in [2.75, 3.05) is 20.1 Å². The van der Waals surface area contributed by atoms with Gasteiger partial charge in [-0.1, -0.05) is 13.8 Å². The summed E-state index contributed by atoms with van der Waals surface area (Å²) in [6, 6.07) is 2.23. The molecule has 3 rings (SSSR count). The number of likely N-dealkylation sites (N-methyl/N-ethyl adjacent to an activating group) is 1. The van der Waals surface area contributed by atoms with Gasteiger partial charge in [0.05, 0.1) is 10.5 Å². The molecule has 0 bridgehead atoms. The second-order valence-electron chi connectivity index (χ2n) is 9.04. The van der Waals surface area contributed by atoms with Gasteiger partial charge in [0, 0.05) is 26.2 Å². The fourth-order valence-corrected chi connectivity index (χ4v) is 6.41. The summed E-state index contributed by atoms with van der Waals surface area (Å²) in [7, 11) is -2.65. The number of rotatable bonds is 6. The van der Waals surface area contributed by atoms with Gasteiger partial charge in [0.2, 0.25) is 15.9 Å². The summed E-state index contributed by atoms with van der Waals surface area (Å²) in [6.45, 7) is 3.85. The van der Waals surface area contributed by atoms with Crippen LogP contribution in [0.3, 0.4) is 0 Å². The third kappa shape index (κ3) is 5.11. The molecule has 1 saturated heterocycles. The van der Waals surface area contributed by atoms with E-state index < -0.39 is 39.8 Å². The summed E-state index contributed by atoms with van der Waals surface area (Å²) < 4.78 is 65.6. The van der Waals surface area contributed by atoms with E-state index in [-0.39, 0.29) is 41.8 Å². The molecule has 33 heavy (non-hydrogen) atoms. The zero-order valence-corrected chi connectivity index (χ0v) is 19.4. The Bertz CT molecular complexity index is 997. The van der Waals surface area contributed by atoms with Crippen LogP contribution < -0.4 is 5.32 Å². The molecule has 2 aliphatic rings. The van der Waals surface area contributed by atoms with Gasteiger partial charge < -0.3 is 10.4 Å². The van der Waals surface area contributed by atoms with Gasteiger partial charge in [-0.25, -0.2) is 13.2 Å². The van der Waals surface area contributed by atoms with E-state index in [9.17, 15) is 36.3 Å². The molecule has 1 heterocycles. The first kappa shape index (κ1) is 25.3. The van der Waals surface area contributed by atoms with Crippen molar-refractivity contribution in [1.29, 1.82) is 0 Å². The average Bonchev–Trinajstić information content (AvgIpc) is 3.29. The molecule has 2 N–H and O–H groups in total. The summed E-state index contributed by atoms with van der Waals surface area (Å²) in [5.41, 5.74) is -0.923. The van der Waals surface area contributed by atoms with Crippen LogP contribution in [0.2, 0.25) is 0 Å². The quantitative estimate of drug-likeness (QED) is 0.637. The molecule has 1 aliphatic heterocycles. The van der Waals surface area contributed by atoms with Crippen molar-refractivity contribution >= 4 is 22.0 Å². The van der Waals surface area contributed by atoms with Crippen LogP contribution in [0.5, 0.6) is 0 Å². The third-order valence-electron chi connectivity index (χ3n) is 6.59. The molecule has 0 aromatic heterocycles. The van der Waals surface area contributed by atoms with Crippen LogP contribution in [0.1, 0.15) is 32.3 Å². The first-order chi connectivity index (χ1) is 15.2. The summed E-state index contributed by atoms with van der Waals surface area (Å²) in [5, 5.41) is 12.2. The van der Waals surface area contributed by atoms with E-state index in [0.29, 0.717) is 12.8 Å². The smallest absolute Gasteiger partial charge is 0.416 e. The molecule has 1 saturated carbocycles. The molecule has 1 aromatic rings. The lowest BCUT2D eigenvalue weighted by molar-refractivity contribution is -0.137. The summed E-state index contributed by atoms with van der Waals surface area (Å²) in [4.78, 5) is 24.9. The first-order valence-electron chi connectivity index (χ1n) is 10.7. The van der Waals surface area contributed by atoms with Crippen LogP contribution >= 0.6 is 0 Å². The number of nitrogens with zero attached hydrogens (tertiary/aromatic N) is 2. The van der Waals surface area contributed by atoms with Gasteiger partial charge in [-0.3, -0.25) is 9.69 Å². The second-order valence-corrected chi connectivity index (χ2v) is 11.0. The Morgan fingerprint density at radius 1 is 1.15 bits per heavy atom. The number of hydrogen-bond acceptors (Lipinski definition) is 4. The fraction of sp³-hybridized carbons (Fsp3) is 0.619. The van der Waals surface area contributed by atoms with Crippen LogP contribution in [-0.2, 0) is 21.0 Å². The summed E-state index contributed by atoms with van der Waals surface area (Å²) >= 11 is 0. The minimum absolute atomic E-state index is 0.00854. The van der Waals surface area contributed by atoms with Crippen LogP contribution in [0.25, 0.3) is 0 Å². The Morgan fingerprint density at radius 2 is 1.76 bits per heavy atom. The maximum Gasteiger partial charge on any atom is 0.416 e. The topological polar surface area (TPSA) is 107 Å². The van der Waals surface area contributed by atoms with Crippen LogP contribution in [0, 0.1) is 17.8 Å². The Labute approximate surface area is 190 Å². The van der Waals surface area contributed by atoms with Gasteiger partial charge in [-0.15, -0.1) is 0 Å². The average molecular weight is 492 g/mol. The lowest BCUT2D eigenvalue weighted by Crippen LogP contribution is -2.53. The van der Waals surface area contributed by atoms with Gasteiger partial charge in [-0.2, -0.15) is 17.5 Å². The van der Waals surface area contributed by atoms with E-state index in [0.717, 1.165) is 29.2 Å². The highest BCUT2D eigenvalue weighted by atomic mass is 32.2. The second kappa shape index (κ2) is 9.13. The Hall–Kier alpha value is -2.34. The minimum atomic E-state index is -4.55. The lowest BCUT2D eigenvalue weighted by atomic mass is 9.96. The molecule has 1 aromatic carbocycles. The highest BCUT2D eigenvalue weighted by Crippen LogP contribution is 2.40. The largest absolute Gasteiger partial charge is 0.465 e. The van der Waals surface area contributed by atoms with Crippen molar-refractivity contribution in [3.8, 4) is 0 Å². The molecular formula is C21H28F3N3O5S. The monoisotopic (exact) mass is 491 g/mol. The van der Waals surface area contributed by atoms with Gasteiger partial charge in [0.15, 0.2) is 0 Å². The molecule has 184 valence electrons. The highest BCUT2D eigenvalue weighted by molar-refractivity contribution is 7.89. The minimum Gasteiger partial charge on any atom is -0.465 e. The number of hydrogen-bond donors (Lipinski definition) is 2. The van der Waals surface area contributed by atoms with E-state index >= 15 is 0 Å². The number of benzene rings is 1. The number of carboxylic acid groups (broad SMARTS) is 1. The number of amides is 2. The van der Waals surface area contributed by atoms with Crippen LogP contribution in [0.4, 0.5) is 18.0 Å². The fourth-order valence-electron chi connectivity index (χ4n) is 4.88. The van der Waals surface area contributed by atoms with Crippen molar-refractivity contribution in [3.63, 3.8) is 0 Å². The van der Waals surface area contributed by atoms with Gasteiger partial charge in [0.1, 0.15) is 6.04 Å². The maximum atomic E-state index is 13.0. The van der Waals surface area contributed by atoms with Crippen LogP contribution in [-0.4, -0.2) is 67.0 Å². The molecule has 8 nitrogen and oxygen atoms in total. The van der Waals surface area contributed by atoms with E-state index in [2.05, 4.69) is 5.32 Å². The van der Waals surface area contributed by atoms with Crippen molar-refractivity contribution in [1.82, 2.24) is 14.5 Å². The molecule has 0 spiro atoms. The zero-order chi connectivity index (χ0) is 24.7.